The molecule has 0 saturated carbocycles. The smallest absolute Gasteiger partial charge is 0.123 e. The molecule has 0 aliphatic rings. The molecule has 2 nitrogen and oxygen atoms in total. The van der Waals surface area contributed by atoms with Gasteiger partial charge in [-0.1, -0.05) is 22.0 Å². The lowest BCUT2D eigenvalue weighted by atomic mass is 10.1. The maximum Gasteiger partial charge on any atom is 0.123 e. The third kappa shape index (κ3) is 2.27. The highest BCUT2D eigenvalue weighted by molar-refractivity contribution is 9.10. The first kappa shape index (κ1) is 10.8. The molecule has 78 valence electrons. The summed E-state index contributed by atoms with van der Waals surface area (Å²) in [7, 11) is 0. The molecule has 1 aromatic heterocycles. The van der Waals surface area contributed by atoms with Crippen LogP contribution >= 0.6 is 27.3 Å². The third-order valence-electron chi connectivity index (χ3n) is 2.13. The molecule has 0 unspecified atom stereocenters. The van der Waals surface area contributed by atoms with Crippen molar-refractivity contribution in [1.82, 2.24) is 4.98 Å². The van der Waals surface area contributed by atoms with Crippen molar-refractivity contribution in [3.63, 3.8) is 0 Å². The van der Waals surface area contributed by atoms with Gasteiger partial charge in [0.1, 0.15) is 5.01 Å². The summed E-state index contributed by atoms with van der Waals surface area (Å²) in [4.78, 5) is 4.45. The quantitative estimate of drug-likeness (QED) is 0.918. The summed E-state index contributed by atoms with van der Waals surface area (Å²) < 4.78 is 1.06. The van der Waals surface area contributed by atoms with Crippen molar-refractivity contribution >= 4 is 27.3 Å². The highest BCUT2D eigenvalue weighted by Gasteiger charge is 2.05. The minimum atomic E-state index is 0.540. The highest BCUT2D eigenvalue weighted by Crippen LogP contribution is 2.27. The topological polar surface area (TPSA) is 38.9 Å². The summed E-state index contributed by atoms with van der Waals surface area (Å²) >= 11 is 5.13. The van der Waals surface area contributed by atoms with Gasteiger partial charge >= 0.3 is 0 Å². The van der Waals surface area contributed by atoms with Crippen LogP contribution in [0.15, 0.2) is 28.1 Å². The lowest BCUT2D eigenvalue weighted by molar-refractivity contribution is 1.06. The van der Waals surface area contributed by atoms with Crippen molar-refractivity contribution in [2.24, 2.45) is 5.73 Å². The predicted octanol–water partition coefficient (Wildman–Crippen LogP) is 3.34. The Hall–Kier alpha value is -0.710. The van der Waals surface area contributed by atoms with Crippen molar-refractivity contribution in [3.8, 4) is 10.6 Å². The average molecular weight is 283 g/mol. The molecular formula is C11H11BrN2S. The summed E-state index contributed by atoms with van der Waals surface area (Å²) in [5.41, 5.74) is 8.97. The Morgan fingerprint density at radius 3 is 2.87 bits per heavy atom. The van der Waals surface area contributed by atoms with E-state index in [0.29, 0.717) is 6.54 Å². The number of nitrogens with two attached hydrogens (primary N) is 1. The SMILES string of the molecule is Cc1csc(-c2ccc(Br)c(CN)c2)n1. The molecule has 0 atom stereocenters. The van der Waals surface area contributed by atoms with Crippen LogP contribution in [0.25, 0.3) is 10.6 Å². The summed E-state index contributed by atoms with van der Waals surface area (Å²) in [5.74, 6) is 0. The van der Waals surface area contributed by atoms with Gasteiger partial charge in [-0.3, -0.25) is 0 Å². The molecule has 1 aromatic carbocycles. The van der Waals surface area contributed by atoms with Crippen LogP contribution in [0.2, 0.25) is 0 Å². The van der Waals surface area contributed by atoms with Gasteiger partial charge in [-0.05, 0) is 24.6 Å². The molecule has 2 rings (SSSR count). The second kappa shape index (κ2) is 4.43. The van der Waals surface area contributed by atoms with Crippen LogP contribution < -0.4 is 5.73 Å². The molecule has 0 radical (unpaired) electrons. The van der Waals surface area contributed by atoms with Gasteiger partial charge in [-0.25, -0.2) is 4.98 Å². The first-order chi connectivity index (χ1) is 7.20. The van der Waals surface area contributed by atoms with Crippen molar-refractivity contribution < 1.29 is 0 Å². The van der Waals surface area contributed by atoms with Gasteiger partial charge in [0, 0.05) is 27.7 Å². The monoisotopic (exact) mass is 282 g/mol. The Morgan fingerprint density at radius 1 is 1.47 bits per heavy atom. The Labute approximate surface area is 101 Å². The normalized spacial score (nSPS) is 10.6. The molecule has 0 saturated heterocycles. The molecule has 0 spiro atoms. The number of thiazole rings is 1. The van der Waals surface area contributed by atoms with E-state index in [9.17, 15) is 0 Å². The number of aryl methyl sites for hydroxylation is 1. The van der Waals surface area contributed by atoms with Crippen LogP contribution in [0.3, 0.4) is 0 Å². The Balaban J connectivity index is 2.45. The van der Waals surface area contributed by atoms with Crippen LogP contribution in [0.5, 0.6) is 0 Å². The second-order valence-corrected chi connectivity index (χ2v) is 5.02. The number of hydrogen-bond acceptors (Lipinski definition) is 3. The maximum atomic E-state index is 5.66. The standard InChI is InChI=1S/C11H11BrN2S/c1-7-6-15-11(14-7)8-2-3-10(12)9(4-8)5-13/h2-4,6H,5,13H2,1H3. The van der Waals surface area contributed by atoms with Crippen molar-refractivity contribution in [2.75, 3.05) is 0 Å². The van der Waals surface area contributed by atoms with E-state index in [1.165, 1.54) is 0 Å². The highest BCUT2D eigenvalue weighted by atomic mass is 79.9. The van der Waals surface area contributed by atoms with Gasteiger partial charge in [0.15, 0.2) is 0 Å². The molecule has 4 heteroatoms. The molecule has 0 bridgehead atoms. The largest absolute Gasteiger partial charge is 0.326 e. The van der Waals surface area contributed by atoms with Gasteiger partial charge in [-0.2, -0.15) is 0 Å². The molecular weight excluding hydrogens is 272 g/mol. The Bertz CT molecular complexity index is 479. The van der Waals surface area contributed by atoms with Crippen LogP contribution in [0.1, 0.15) is 11.3 Å². The summed E-state index contributed by atoms with van der Waals surface area (Å²) in [5, 5.41) is 3.11. The fourth-order valence-corrected chi connectivity index (χ4v) is 2.55. The lowest BCUT2D eigenvalue weighted by Gasteiger charge is -2.03. The molecule has 1 heterocycles. The molecule has 15 heavy (non-hydrogen) atoms. The van der Waals surface area contributed by atoms with E-state index >= 15 is 0 Å². The Kier molecular flexibility index (Phi) is 3.19. The van der Waals surface area contributed by atoms with E-state index in [-0.39, 0.29) is 0 Å². The van der Waals surface area contributed by atoms with E-state index in [2.05, 4.69) is 38.4 Å². The molecule has 0 fully saturated rings. The Morgan fingerprint density at radius 2 is 2.27 bits per heavy atom. The molecule has 0 aliphatic heterocycles. The van der Waals surface area contributed by atoms with E-state index in [1.807, 2.05) is 13.0 Å². The minimum Gasteiger partial charge on any atom is -0.326 e. The van der Waals surface area contributed by atoms with Gasteiger partial charge in [0.05, 0.1) is 0 Å². The molecule has 0 aliphatic carbocycles. The van der Waals surface area contributed by atoms with Gasteiger partial charge in [0.25, 0.3) is 0 Å². The van der Waals surface area contributed by atoms with Crippen LogP contribution in [-0.4, -0.2) is 4.98 Å². The van der Waals surface area contributed by atoms with Gasteiger partial charge in [-0.15, -0.1) is 11.3 Å². The van der Waals surface area contributed by atoms with Crippen molar-refractivity contribution in [1.29, 1.82) is 0 Å². The summed E-state index contributed by atoms with van der Waals surface area (Å²) in [6.07, 6.45) is 0. The third-order valence-corrected chi connectivity index (χ3v) is 3.91. The molecule has 0 amide bonds. The minimum absolute atomic E-state index is 0.540. The average Bonchev–Trinajstić information content (AvgIpc) is 2.66. The van der Waals surface area contributed by atoms with E-state index in [1.54, 1.807) is 11.3 Å². The zero-order valence-corrected chi connectivity index (χ0v) is 10.7. The zero-order valence-electron chi connectivity index (χ0n) is 8.33. The first-order valence-corrected chi connectivity index (χ1v) is 6.29. The fraction of sp³-hybridized carbons (Fsp3) is 0.182. The number of aromatic nitrogens is 1. The first-order valence-electron chi connectivity index (χ1n) is 4.61. The van der Waals surface area contributed by atoms with E-state index < -0.39 is 0 Å². The summed E-state index contributed by atoms with van der Waals surface area (Å²) in [6.45, 7) is 2.54. The van der Waals surface area contributed by atoms with Crippen LogP contribution in [0, 0.1) is 6.92 Å². The number of nitrogens with zero attached hydrogens (tertiary/aromatic N) is 1. The van der Waals surface area contributed by atoms with Crippen molar-refractivity contribution in [3.05, 3.63) is 39.3 Å². The molecule has 2 N–H and O–H groups in total. The van der Waals surface area contributed by atoms with Crippen LogP contribution in [-0.2, 0) is 6.54 Å². The van der Waals surface area contributed by atoms with E-state index in [0.717, 1.165) is 26.3 Å². The number of halogens is 1. The molecule has 2 aromatic rings. The number of hydrogen-bond donors (Lipinski definition) is 1. The van der Waals surface area contributed by atoms with Crippen LogP contribution in [0.4, 0.5) is 0 Å². The zero-order chi connectivity index (χ0) is 10.8. The fourth-order valence-electron chi connectivity index (χ4n) is 1.35. The summed E-state index contributed by atoms with van der Waals surface area (Å²) in [6, 6.07) is 6.16. The number of rotatable bonds is 2. The predicted molar refractivity (Wildman–Crippen MR) is 67.9 cm³/mol. The van der Waals surface area contributed by atoms with E-state index in [4.69, 9.17) is 5.73 Å². The van der Waals surface area contributed by atoms with Gasteiger partial charge in [0.2, 0.25) is 0 Å². The maximum absolute atomic E-state index is 5.66. The number of benzene rings is 1. The van der Waals surface area contributed by atoms with Crippen molar-refractivity contribution in [2.45, 2.75) is 13.5 Å². The lowest BCUT2D eigenvalue weighted by Crippen LogP contribution is -1.97. The van der Waals surface area contributed by atoms with Gasteiger partial charge < -0.3 is 5.73 Å². The second-order valence-electron chi connectivity index (χ2n) is 3.30.